The van der Waals surface area contributed by atoms with Gasteiger partial charge in [-0.05, 0) is 58.6 Å². The maximum Gasteiger partial charge on any atom is 0.410 e. The van der Waals surface area contributed by atoms with Crippen LogP contribution in [-0.4, -0.2) is 34.5 Å². The van der Waals surface area contributed by atoms with Crippen LogP contribution >= 0.6 is 0 Å². The van der Waals surface area contributed by atoms with Crippen LogP contribution in [0.3, 0.4) is 0 Å². The summed E-state index contributed by atoms with van der Waals surface area (Å²) in [6, 6.07) is 1.30. The van der Waals surface area contributed by atoms with Crippen molar-refractivity contribution in [2.75, 3.05) is 0 Å². The van der Waals surface area contributed by atoms with Gasteiger partial charge in [0.2, 0.25) is 0 Å². The molecule has 3 rings (SSSR count). The summed E-state index contributed by atoms with van der Waals surface area (Å²) in [5.74, 6) is -4.12. The molecule has 7 heteroatoms. The standard InChI is InChI=1S/C20H24F3NO3/c1-20(2,3)27-19(26)24-12-4-5-13(24)9-11(8-12)17(25)10-14-15(21)6-7-16(22)18(14)23/h6-7,11-13H,4-5,8-10H2,1-3H3. The van der Waals surface area contributed by atoms with E-state index in [2.05, 4.69) is 0 Å². The highest BCUT2D eigenvalue weighted by Gasteiger charge is 2.46. The number of hydrogen-bond donors (Lipinski definition) is 0. The summed E-state index contributed by atoms with van der Waals surface area (Å²) in [6.07, 6.45) is 1.56. The number of nitrogens with zero attached hydrogens (tertiary/aromatic N) is 1. The van der Waals surface area contributed by atoms with Crippen LogP contribution in [0.2, 0.25) is 0 Å². The molecule has 1 aromatic rings. The fourth-order valence-electron chi connectivity index (χ4n) is 4.10. The number of ketones is 1. The molecule has 2 bridgehead atoms. The number of rotatable bonds is 3. The van der Waals surface area contributed by atoms with Crippen LogP contribution in [0.1, 0.15) is 52.0 Å². The van der Waals surface area contributed by atoms with E-state index in [4.69, 9.17) is 4.74 Å². The summed E-state index contributed by atoms with van der Waals surface area (Å²) in [5, 5.41) is 0. The van der Waals surface area contributed by atoms with Gasteiger partial charge in [-0.15, -0.1) is 0 Å². The molecular weight excluding hydrogens is 359 g/mol. The summed E-state index contributed by atoms with van der Waals surface area (Å²) in [5.41, 5.74) is -1.13. The lowest BCUT2D eigenvalue weighted by molar-refractivity contribution is -0.124. The Bertz CT molecular complexity index is 746. The van der Waals surface area contributed by atoms with Crippen molar-refractivity contribution in [1.82, 2.24) is 4.90 Å². The Kier molecular flexibility index (Phi) is 5.23. The van der Waals surface area contributed by atoms with Crippen molar-refractivity contribution in [3.63, 3.8) is 0 Å². The van der Waals surface area contributed by atoms with Gasteiger partial charge in [0, 0.05) is 30.0 Å². The molecule has 2 saturated heterocycles. The molecule has 0 saturated carbocycles. The molecule has 2 heterocycles. The van der Waals surface area contributed by atoms with Gasteiger partial charge in [0.15, 0.2) is 11.6 Å². The van der Waals surface area contributed by atoms with Crippen molar-refractivity contribution < 1.29 is 27.5 Å². The van der Waals surface area contributed by atoms with Crippen molar-refractivity contribution in [3.8, 4) is 0 Å². The molecule has 0 aromatic heterocycles. The van der Waals surface area contributed by atoms with Gasteiger partial charge < -0.3 is 9.64 Å². The molecule has 0 aliphatic carbocycles. The summed E-state index contributed by atoms with van der Waals surface area (Å²) < 4.78 is 46.5. The highest BCUT2D eigenvalue weighted by Crippen LogP contribution is 2.40. The average molecular weight is 383 g/mol. The zero-order chi connectivity index (χ0) is 19.9. The number of halogens is 3. The van der Waals surface area contributed by atoms with Crippen LogP contribution in [0.25, 0.3) is 0 Å². The summed E-state index contributed by atoms with van der Waals surface area (Å²) in [6.45, 7) is 5.39. The number of ether oxygens (including phenoxy) is 1. The van der Waals surface area contributed by atoms with E-state index >= 15 is 0 Å². The first-order valence-electron chi connectivity index (χ1n) is 9.23. The minimum absolute atomic E-state index is 0.116. The third kappa shape index (κ3) is 4.12. The second kappa shape index (κ2) is 7.17. The Hall–Kier alpha value is -2.05. The Labute approximate surface area is 156 Å². The molecule has 2 fully saturated rings. The first-order chi connectivity index (χ1) is 12.6. The zero-order valence-electron chi connectivity index (χ0n) is 15.7. The lowest BCUT2D eigenvalue weighted by Gasteiger charge is -2.39. The highest BCUT2D eigenvalue weighted by atomic mass is 19.2. The number of benzene rings is 1. The summed E-state index contributed by atoms with van der Waals surface area (Å²) >= 11 is 0. The number of carbonyl (C=O) groups is 2. The van der Waals surface area contributed by atoms with Crippen molar-refractivity contribution in [2.24, 2.45) is 5.92 Å². The fourth-order valence-corrected chi connectivity index (χ4v) is 4.10. The third-order valence-corrected chi connectivity index (χ3v) is 5.28. The quantitative estimate of drug-likeness (QED) is 0.727. The summed E-state index contributed by atoms with van der Waals surface area (Å²) in [4.78, 5) is 26.8. The Balaban J connectivity index is 1.69. The largest absolute Gasteiger partial charge is 0.444 e. The lowest BCUT2D eigenvalue weighted by atomic mass is 9.85. The molecule has 2 atom stereocenters. The van der Waals surface area contributed by atoms with Crippen LogP contribution in [0.15, 0.2) is 12.1 Å². The lowest BCUT2D eigenvalue weighted by Crippen LogP contribution is -2.49. The van der Waals surface area contributed by atoms with E-state index in [9.17, 15) is 22.8 Å². The molecule has 2 aliphatic heterocycles. The van der Waals surface area contributed by atoms with Crippen molar-refractivity contribution in [1.29, 1.82) is 0 Å². The molecule has 2 aliphatic rings. The Morgan fingerprint density at radius 3 is 2.19 bits per heavy atom. The molecular formula is C20H24F3NO3. The van der Waals surface area contributed by atoms with Crippen LogP contribution in [0, 0.1) is 23.4 Å². The minimum atomic E-state index is -1.31. The molecule has 1 amide bonds. The van der Waals surface area contributed by atoms with Gasteiger partial charge in [0.25, 0.3) is 0 Å². The molecule has 27 heavy (non-hydrogen) atoms. The van der Waals surface area contributed by atoms with Gasteiger partial charge in [-0.2, -0.15) is 0 Å². The maximum absolute atomic E-state index is 13.8. The van der Waals surface area contributed by atoms with Gasteiger partial charge in [-0.1, -0.05) is 0 Å². The second-order valence-electron chi connectivity index (χ2n) is 8.41. The molecule has 2 unspecified atom stereocenters. The molecule has 148 valence electrons. The highest BCUT2D eigenvalue weighted by molar-refractivity contribution is 5.84. The Morgan fingerprint density at radius 2 is 1.63 bits per heavy atom. The first-order valence-corrected chi connectivity index (χ1v) is 9.23. The van der Waals surface area contributed by atoms with E-state index in [0.29, 0.717) is 18.9 Å². The van der Waals surface area contributed by atoms with Crippen LogP contribution in [-0.2, 0) is 16.0 Å². The number of hydrogen-bond acceptors (Lipinski definition) is 3. The molecule has 0 spiro atoms. The van der Waals surface area contributed by atoms with E-state index in [-0.39, 0.29) is 24.0 Å². The van der Waals surface area contributed by atoms with Gasteiger partial charge in [0.05, 0.1) is 0 Å². The van der Waals surface area contributed by atoms with E-state index in [1.807, 2.05) is 0 Å². The van der Waals surface area contributed by atoms with Crippen molar-refractivity contribution >= 4 is 11.9 Å². The van der Waals surface area contributed by atoms with Crippen molar-refractivity contribution in [3.05, 3.63) is 35.1 Å². The zero-order valence-corrected chi connectivity index (χ0v) is 15.7. The predicted molar refractivity (Wildman–Crippen MR) is 92.6 cm³/mol. The number of piperidine rings is 1. The predicted octanol–water partition coefficient (Wildman–Crippen LogP) is 4.39. The van der Waals surface area contributed by atoms with Gasteiger partial charge in [0.1, 0.15) is 17.2 Å². The third-order valence-electron chi connectivity index (χ3n) is 5.28. The normalized spacial score (nSPS) is 24.8. The topological polar surface area (TPSA) is 46.6 Å². The Morgan fingerprint density at radius 1 is 1.07 bits per heavy atom. The number of fused-ring (bicyclic) bond motifs is 2. The monoisotopic (exact) mass is 383 g/mol. The average Bonchev–Trinajstić information content (AvgIpc) is 2.83. The number of carbonyl (C=O) groups excluding carboxylic acids is 2. The van der Waals surface area contributed by atoms with E-state index in [1.54, 1.807) is 25.7 Å². The van der Waals surface area contributed by atoms with Crippen LogP contribution in [0.4, 0.5) is 18.0 Å². The molecule has 1 aromatic carbocycles. The molecule has 0 radical (unpaired) electrons. The van der Waals surface area contributed by atoms with Crippen molar-refractivity contribution in [2.45, 2.75) is 70.6 Å². The smallest absolute Gasteiger partial charge is 0.410 e. The van der Waals surface area contributed by atoms with Gasteiger partial charge in [-0.3, -0.25) is 4.79 Å². The fraction of sp³-hybridized carbons (Fsp3) is 0.600. The number of Topliss-reactive ketones (excluding diaryl/α,β-unsaturated/α-hetero) is 1. The maximum atomic E-state index is 13.8. The van der Waals surface area contributed by atoms with Gasteiger partial charge in [-0.25, -0.2) is 18.0 Å². The van der Waals surface area contributed by atoms with Crippen LogP contribution < -0.4 is 0 Å². The van der Waals surface area contributed by atoms with E-state index < -0.39 is 41.0 Å². The molecule has 0 N–H and O–H groups in total. The minimum Gasteiger partial charge on any atom is -0.444 e. The molecule has 4 nitrogen and oxygen atoms in total. The van der Waals surface area contributed by atoms with E-state index in [0.717, 1.165) is 18.9 Å². The number of amides is 1. The van der Waals surface area contributed by atoms with Gasteiger partial charge >= 0.3 is 6.09 Å². The SMILES string of the molecule is CC(C)(C)OC(=O)N1C2CCC1CC(C(=O)Cc1c(F)ccc(F)c1F)C2. The summed E-state index contributed by atoms with van der Waals surface area (Å²) in [7, 11) is 0. The first kappa shape index (κ1) is 19.7. The second-order valence-corrected chi connectivity index (χ2v) is 8.41. The van der Waals surface area contributed by atoms with E-state index in [1.165, 1.54) is 0 Å². The van der Waals surface area contributed by atoms with Crippen LogP contribution in [0.5, 0.6) is 0 Å².